The van der Waals surface area contributed by atoms with Gasteiger partial charge in [0, 0.05) is 5.69 Å². The highest BCUT2D eigenvalue weighted by atomic mass is 16.5. The smallest absolute Gasteiger partial charge is 0.319 e. The zero-order chi connectivity index (χ0) is 15.1. The van der Waals surface area contributed by atoms with Gasteiger partial charge < -0.3 is 15.4 Å². The Bertz CT molecular complexity index is 597. The zero-order valence-corrected chi connectivity index (χ0v) is 12.3. The highest BCUT2D eigenvalue weighted by Crippen LogP contribution is 2.20. The summed E-state index contributed by atoms with van der Waals surface area (Å²) in [5.74, 6) is 0.861. The van der Waals surface area contributed by atoms with E-state index >= 15 is 0 Å². The van der Waals surface area contributed by atoms with E-state index in [9.17, 15) is 4.79 Å². The Morgan fingerprint density at radius 3 is 2.57 bits per heavy atom. The third-order valence-corrected chi connectivity index (χ3v) is 3.23. The van der Waals surface area contributed by atoms with E-state index in [0.717, 1.165) is 17.0 Å². The normalized spacial score (nSPS) is 10.0. The van der Waals surface area contributed by atoms with E-state index in [0.29, 0.717) is 13.2 Å². The molecule has 0 saturated carbocycles. The quantitative estimate of drug-likeness (QED) is 0.826. The molecule has 0 unspecified atom stereocenters. The van der Waals surface area contributed by atoms with Gasteiger partial charge in [0.1, 0.15) is 12.4 Å². The maximum absolute atomic E-state index is 11.7. The van der Waals surface area contributed by atoms with E-state index in [-0.39, 0.29) is 6.03 Å². The molecular formula is C17H20N2O2. The summed E-state index contributed by atoms with van der Waals surface area (Å²) in [7, 11) is 0. The number of para-hydroxylation sites is 1. The first kappa shape index (κ1) is 14.9. The van der Waals surface area contributed by atoms with Crippen molar-refractivity contribution in [3.05, 3.63) is 59.7 Å². The van der Waals surface area contributed by atoms with Crippen LogP contribution in [0.1, 0.15) is 11.1 Å². The minimum atomic E-state index is -0.231. The molecule has 0 heterocycles. The molecular weight excluding hydrogens is 264 g/mol. The van der Waals surface area contributed by atoms with Crippen molar-refractivity contribution < 1.29 is 9.53 Å². The molecule has 0 radical (unpaired) electrons. The molecule has 0 fully saturated rings. The van der Waals surface area contributed by atoms with Crippen molar-refractivity contribution in [3.63, 3.8) is 0 Å². The number of amides is 2. The van der Waals surface area contributed by atoms with Gasteiger partial charge in [0.2, 0.25) is 0 Å². The first-order valence-corrected chi connectivity index (χ1v) is 6.96. The van der Waals surface area contributed by atoms with E-state index in [2.05, 4.69) is 10.6 Å². The van der Waals surface area contributed by atoms with Gasteiger partial charge in [-0.3, -0.25) is 0 Å². The number of nitrogens with one attached hydrogen (secondary N) is 2. The third-order valence-electron chi connectivity index (χ3n) is 3.23. The second kappa shape index (κ2) is 7.33. The lowest BCUT2D eigenvalue weighted by atomic mass is 10.1. The molecule has 0 aromatic heterocycles. The molecule has 110 valence electrons. The Morgan fingerprint density at radius 2 is 1.81 bits per heavy atom. The maximum Gasteiger partial charge on any atom is 0.319 e. The second-order valence-electron chi connectivity index (χ2n) is 4.79. The van der Waals surface area contributed by atoms with Gasteiger partial charge >= 0.3 is 6.03 Å². The standard InChI is InChI=1S/C17H20N2O2/c1-13-7-6-10-16(14(13)2)21-12-11-18-17(20)19-15-8-4-3-5-9-15/h3-10H,11-12H2,1-2H3,(H2,18,19,20). The Hall–Kier alpha value is -2.49. The number of hydrogen-bond donors (Lipinski definition) is 2. The van der Waals surface area contributed by atoms with Crippen LogP contribution in [0.5, 0.6) is 5.75 Å². The van der Waals surface area contributed by atoms with E-state index in [1.807, 2.05) is 62.4 Å². The highest BCUT2D eigenvalue weighted by Gasteiger charge is 2.03. The predicted octanol–water partition coefficient (Wildman–Crippen LogP) is 3.50. The summed E-state index contributed by atoms with van der Waals surface area (Å²) in [6.07, 6.45) is 0. The fourth-order valence-corrected chi connectivity index (χ4v) is 1.90. The van der Waals surface area contributed by atoms with E-state index in [4.69, 9.17) is 4.74 Å². The van der Waals surface area contributed by atoms with Gasteiger partial charge in [0.05, 0.1) is 6.54 Å². The van der Waals surface area contributed by atoms with Crippen LogP contribution in [0.15, 0.2) is 48.5 Å². The number of anilines is 1. The first-order chi connectivity index (χ1) is 10.2. The van der Waals surface area contributed by atoms with Crippen molar-refractivity contribution in [1.82, 2.24) is 5.32 Å². The molecule has 0 aliphatic heterocycles. The monoisotopic (exact) mass is 284 g/mol. The molecule has 2 aromatic carbocycles. The number of carbonyl (C=O) groups is 1. The summed E-state index contributed by atoms with van der Waals surface area (Å²) in [6, 6.07) is 15.1. The van der Waals surface area contributed by atoms with Gasteiger partial charge in [-0.25, -0.2) is 4.79 Å². The maximum atomic E-state index is 11.7. The third kappa shape index (κ3) is 4.53. The largest absolute Gasteiger partial charge is 0.491 e. The molecule has 4 heteroatoms. The summed E-state index contributed by atoms with van der Waals surface area (Å²) >= 11 is 0. The van der Waals surface area contributed by atoms with Crippen molar-refractivity contribution in [1.29, 1.82) is 0 Å². The van der Waals surface area contributed by atoms with E-state index < -0.39 is 0 Å². The van der Waals surface area contributed by atoms with Crippen LogP contribution in [0.2, 0.25) is 0 Å². The van der Waals surface area contributed by atoms with Crippen LogP contribution in [0.3, 0.4) is 0 Å². The Kier molecular flexibility index (Phi) is 5.21. The lowest BCUT2D eigenvalue weighted by Gasteiger charge is -2.11. The summed E-state index contributed by atoms with van der Waals surface area (Å²) < 4.78 is 5.68. The number of rotatable bonds is 5. The lowest BCUT2D eigenvalue weighted by molar-refractivity contribution is 0.247. The van der Waals surface area contributed by atoms with Crippen molar-refractivity contribution in [2.45, 2.75) is 13.8 Å². The van der Waals surface area contributed by atoms with Gasteiger partial charge in [0.15, 0.2) is 0 Å². The summed E-state index contributed by atoms with van der Waals surface area (Å²) in [5.41, 5.74) is 3.10. The zero-order valence-electron chi connectivity index (χ0n) is 12.3. The van der Waals surface area contributed by atoms with Gasteiger partial charge in [-0.2, -0.15) is 0 Å². The molecule has 0 aliphatic carbocycles. The van der Waals surface area contributed by atoms with Crippen molar-refractivity contribution in [2.75, 3.05) is 18.5 Å². The molecule has 2 amide bonds. The topological polar surface area (TPSA) is 50.4 Å². The fraction of sp³-hybridized carbons (Fsp3) is 0.235. The van der Waals surface area contributed by atoms with Crippen LogP contribution in [0.4, 0.5) is 10.5 Å². The van der Waals surface area contributed by atoms with Crippen molar-refractivity contribution >= 4 is 11.7 Å². The Morgan fingerprint density at radius 1 is 1.05 bits per heavy atom. The summed E-state index contributed by atoms with van der Waals surface area (Å²) in [4.78, 5) is 11.7. The molecule has 4 nitrogen and oxygen atoms in total. The highest BCUT2D eigenvalue weighted by molar-refractivity contribution is 5.89. The van der Waals surface area contributed by atoms with Crippen LogP contribution >= 0.6 is 0 Å². The lowest BCUT2D eigenvalue weighted by Crippen LogP contribution is -2.32. The summed E-state index contributed by atoms with van der Waals surface area (Å²) in [6.45, 7) is 4.96. The number of carbonyl (C=O) groups excluding carboxylic acids is 1. The molecule has 0 aliphatic rings. The molecule has 2 N–H and O–H groups in total. The number of aryl methyl sites for hydroxylation is 1. The number of urea groups is 1. The molecule has 2 aromatic rings. The molecule has 0 bridgehead atoms. The summed E-state index contributed by atoms with van der Waals surface area (Å²) in [5, 5.41) is 5.52. The van der Waals surface area contributed by atoms with E-state index in [1.165, 1.54) is 5.56 Å². The van der Waals surface area contributed by atoms with Gasteiger partial charge in [-0.1, -0.05) is 30.3 Å². The minimum Gasteiger partial charge on any atom is -0.491 e. The average Bonchev–Trinajstić information content (AvgIpc) is 2.49. The fourth-order valence-electron chi connectivity index (χ4n) is 1.90. The molecule has 0 spiro atoms. The first-order valence-electron chi connectivity index (χ1n) is 6.96. The molecule has 21 heavy (non-hydrogen) atoms. The minimum absolute atomic E-state index is 0.231. The number of ether oxygens (including phenoxy) is 1. The number of benzene rings is 2. The van der Waals surface area contributed by atoms with Crippen molar-refractivity contribution in [3.8, 4) is 5.75 Å². The van der Waals surface area contributed by atoms with Crippen LogP contribution in [-0.4, -0.2) is 19.2 Å². The van der Waals surface area contributed by atoms with Gasteiger partial charge in [0.25, 0.3) is 0 Å². The number of hydrogen-bond acceptors (Lipinski definition) is 2. The van der Waals surface area contributed by atoms with Crippen LogP contribution in [0, 0.1) is 13.8 Å². The second-order valence-corrected chi connectivity index (χ2v) is 4.79. The Balaban J connectivity index is 1.72. The van der Waals surface area contributed by atoms with Gasteiger partial charge in [-0.15, -0.1) is 0 Å². The molecule has 0 saturated heterocycles. The average molecular weight is 284 g/mol. The van der Waals surface area contributed by atoms with Crippen molar-refractivity contribution in [2.24, 2.45) is 0 Å². The SMILES string of the molecule is Cc1cccc(OCCNC(=O)Nc2ccccc2)c1C. The predicted molar refractivity (Wildman–Crippen MR) is 84.9 cm³/mol. The van der Waals surface area contributed by atoms with Gasteiger partial charge in [-0.05, 0) is 43.2 Å². The molecule has 0 atom stereocenters. The Labute approximate surface area is 125 Å². The van der Waals surface area contributed by atoms with E-state index in [1.54, 1.807) is 0 Å². The van der Waals surface area contributed by atoms with Crippen LogP contribution in [-0.2, 0) is 0 Å². The molecule has 2 rings (SSSR count). The van der Waals surface area contributed by atoms with Crippen LogP contribution < -0.4 is 15.4 Å². The van der Waals surface area contributed by atoms with Crippen LogP contribution in [0.25, 0.3) is 0 Å².